The Bertz CT molecular complexity index is 488. The molecular formula is C17H26N2O. The summed E-state index contributed by atoms with van der Waals surface area (Å²) in [5.41, 5.74) is 4.13. The summed E-state index contributed by atoms with van der Waals surface area (Å²) >= 11 is 0. The second-order valence-corrected chi connectivity index (χ2v) is 6.60. The molecule has 0 aliphatic carbocycles. The van der Waals surface area contributed by atoms with Crippen LogP contribution in [0.2, 0.25) is 0 Å². The van der Waals surface area contributed by atoms with Crippen molar-refractivity contribution in [2.45, 2.75) is 51.2 Å². The van der Waals surface area contributed by atoms with E-state index in [1.807, 2.05) is 7.11 Å². The number of rotatable bonds is 2. The van der Waals surface area contributed by atoms with Crippen molar-refractivity contribution in [3.63, 3.8) is 0 Å². The molecule has 2 atom stereocenters. The number of anilines is 2. The molecule has 1 N–H and O–H groups in total. The number of nitrogens with one attached hydrogen (secondary N) is 1. The Labute approximate surface area is 122 Å². The maximum Gasteiger partial charge on any atom is 0.0825 e. The van der Waals surface area contributed by atoms with Crippen LogP contribution in [0.4, 0.5) is 11.4 Å². The van der Waals surface area contributed by atoms with Crippen LogP contribution >= 0.6 is 0 Å². The molecule has 3 rings (SSSR count). The van der Waals surface area contributed by atoms with Crippen molar-refractivity contribution in [2.75, 3.05) is 30.4 Å². The second kappa shape index (κ2) is 5.28. The molecule has 0 spiro atoms. The molecule has 2 unspecified atom stereocenters. The van der Waals surface area contributed by atoms with Gasteiger partial charge in [0.1, 0.15) is 0 Å². The van der Waals surface area contributed by atoms with E-state index in [1.54, 1.807) is 0 Å². The Morgan fingerprint density at radius 3 is 3.05 bits per heavy atom. The van der Waals surface area contributed by atoms with Gasteiger partial charge in [0.25, 0.3) is 0 Å². The first-order chi connectivity index (χ1) is 9.59. The first kappa shape index (κ1) is 13.7. The largest absolute Gasteiger partial charge is 0.382 e. The molecule has 2 aliphatic heterocycles. The fourth-order valence-corrected chi connectivity index (χ4v) is 3.43. The zero-order valence-electron chi connectivity index (χ0n) is 12.9. The number of piperidine rings is 1. The lowest BCUT2D eigenvalue weighted by Gasteiger charge is -2.41. The predicted octanol–water partition coefficient (Wildman–Crippen LogP) is 3.44. The Hall–Kier alpha value is -1.22. The van der Waals surface area contributed by atoms with Gasteiger partial charge in [-0.1, -0.05) is 0 Å². The maximum absolute atomic E-state index is 5.70. The van der Waals surface area contributed by atoms with Gasteiger partial charge in [0, 0.05) is 37.6 Å². The van der Waals surface area contributed by atoms with Crippen molar-refractivity contribution in [1.29, 1.82) is 0 Å². The highest BCUT2D eigenvalue weighted by molar-refractivity contribution is 5.62. The minimum Gasteiger partial charge on any atom is -0.382 e. The van der Waals surface area contributed by atoms with Gasteiger partial charge in [-0.2, -0.15) is 0 Å². The van der Waals surface area contributed by atoms with E-state index >= 15 is 0 Å². The lowest BCUT2D eigenvalue weighted by Crippen LogP contribution is -2.47. The molecule has 0 saturated carbocycles. The smallest absolute Gasteiger partial charge is 0.0825 e. The predicted molar refractivity (Wildman–Crippen MR) is 84.7 cm³/mol. The molecular weight excluding hydrogens is 248 g/mol. The summed E-state index contributed by atoms with van der Waals surface area (Å²) in [4.78, 5) is 2.48. The van der Waals surface area contributed by atoms with Gasteiger partial charge < -0.3 is 15.0 Å². The third-order valence-corrected chi connectivity index (χ3v) is 4.85. The highest BCUT2D eigenvalue weighted by atomic mass is 16.5. The quantitative estimate of drug-likeness (QED) is 0.894. The van der Waals surface area contributed by atoms with Gasteiger partial charge >= 0.3 is 0 Å². The van der Waals surface area contributed by atoms with E-state index in [-0.39, 0.29) is 5.60 Å². The van der Waals surface area contributed by atoms with Gasteiger partial charge in [-0.25, -0.2) is 0 Å². The fraction of sp³-hybridized carbons (Fsp3) is 0.647. The standard InChI is InChI=1S/C17H26N2O/c1-13-5-6-14-11-15(7-8-16(14)18-13)19-10-4-9-17(2,12-19)20-3/h7-8,11,13,18H,4-6,9-10,12H2,1-3H3. The minimum atomic E-state index is 0.000910. The molecule has 2 heterocycles. The summed E-state index contributed by atoms with van der Waals surface area (Å²) in [7, 11) is 1.83. The summed E-state index contributed by atoms with van der Waals surface area (Å²) in [5, 5.41) is 3.57. The highest BCUT2D eigenvalue weighted by Gasteiger charge is 2.31. The molecule has 0 aromatic heterocycles. The van der Waals surface area contributed by atoms with Gasteiger partial charge in [0.15, 0.2) is 0 Å². The van der Waals surface area contributed by atoms with Crippen LogP contribution in [0, 0.1) is 0 Å². The van der Waals surface area contributed by atoms with Crippen LogP contribution in [-0.2, 0) is 11.2 Å². The van der Waals surface area contributed by atoms with Gasteiger partial charge in [0.05, 0.1) is 5.60 Å². The molecule has 1 fully saturated rings. The van der Waals surface area contributed by atoms with Crippen LogP contribution in [-0.4, -0.2) is 31.8 Å². The van der Waals surface area contributed by atoms with Crippen molar-refractivity contribution in [2.24, 2.45) is 0 Å². The highest BCUT2D eigenvalue weighted by Crippen LogP contribution is 2.32. The van der Waals surface area contributed by atoms with E-state index in [1.165, 1.54) is 36.2 Å². The molecule has 0 amide bonds. The Morgan fingerprint density at radius 1 is 1.40 bits per heavy atom. The van der Waals surface area contributed by atoms with Crippen molar-refractivity contribution in [3.8, 4) is 0 Å². The molecule has 1 saturated heterocycles. The number of hydrogen-bond donors (Lipinski definition) is 1. The summed E-state index contributed by atoms with van der Waals surface area (Å²) in [6, 6.07) is 7.47. The Balaban J connectivity index is 1.81. The molecule has 2 aliphatic rings. The molecule has 20 heavy (non-hydrogen) atoms. The average molecular weight is 274 g/mol. The first-order valence-corrected chi connectivity index (χ1v) is 7.79. The number of fused-ring (bicyclic) bond motifs is 1. The number of nitrogens with zero attached hydrogens (tertiary/aromatic N) is 1. The zero-order valence-corrected chi connectivity index (χ0v) is 12.9. The van der Waals surface area contributed by atoms with Gasteiger partial charge in [-0.05, 0) is 63.3 Å². The van der Waals surface area contributed by atoms with Crippen molar-refractivity contribution < 1.29 is 4.74 Å². The van der Waals surface area contributed by atoms with Crippen LogP contribution in [0.15, 0.2) is 18.2 Å². The van der Waals surface area contributed by atoms with Crippen molar-refractivity contribution in [1.82, 2.24) is 0 Å². The third-order valence-electron chi connectivity index (χ3n) is 4.85. The first-order valence-electron chi connectivity index (χ1n) is 7.79. The van der Waals surface area contributed by atoms with Crippen LogP contribution in [0.25, 0.3) is 0 Å². The van der Waals surface area contributed by atoms with E-state index in [4.69, 9.17) is 4.74 Å². The average Bonchev–Trinajstić information content (AvgIpc) is 2.47. The summed E-state index contributed by atoms with van der Waals surface area (Å²) in [6.07, 6.45) is 4.78. The van der Waals surface area contributed by atoms with Crippen molar-refractivity contribution in [3.05, 3.63) is 23.8 Å². The number of ether oxygens (including phenoxy) is 1. The van der Waals surface area contributed by atoms with E-state index in [9.17, 15) is 0 Å². The Kier molecular flexibility index (Phi) is 3.63. The molecule has 3 nitrogen and oxygen atoms in total. The lowest BCUT2D eigenvalue weighted by atomic mass is 9.93. The number of aryl methyl sites for hydroxylation is 1. The van der Waals surface area contributed by atoms with Crippen LogP contribution in [0.1, 0.15) is 38.7 Å². The normalized spacial score (nSPS) is 29.8. The van der Waals surface area contributed by atoms with Gasteiger partial charge in [-0.3, -0.25) is 0 Å². The minimum absolute atomic E-state index is 0.000910. The van der Waals surface area contributed by atoms with Crippen LogP contribution in [0.5, 0.6) is 0 Å². The van der Waals surface area contributed by atoms with Crippen molar-refractivity contribution >= 4 is 11.4 Å². The number of hydrogen-bond acceptors (Lipinski definition) is 3. The van der Waals surface area contributed by atoms with E-state index < -0.39 is 0 Å². The third kappa shape index (κ3) is 2.64. The van der Waals surface area contributed by atoms with Crippen LogP contribution < -0.4 is 10.2 Å². The maximum atomic E-state index is 5.70. The zero-order chi connectivity index (χ0) is 14.2. The van der Waals surface area contributed by atoms with Crippen LogP contribution in [0.3, 0.4) is 0 Å². The topological polar surface area (TPSA) is 24.5 Å². The monoisotopic (exact) mass is 274 g/mol. The number of benzene rings is 1. The second-order valence-electron chi connectivity index (χ2n) is 6.60. The van der Waals surface area contributed by atoms with Gasteiger partial charge in [0.2, 0.25) is 0 Å². The molecule has 1 aromatic rings. The molecule has 0 radical (unpaired) electrons. The summed E-state index contributed by atoms with van der Waals surface area (Å²) in [5.74, 6) is 0. The van der Waals surface area contributed by atoms with E-state index in [0.29, 0.717) is 6.04 Å². The van der Waals surface area contributed by atoms with E-state index in [0.717, 1.165) is 19.5 Å². The molecule has 0 bridgehead atoms. The SMILES string of the molecule is COC1(C)CCCN(c2ccc3c(c2)CCC(C)N3)C1. The summed E-state index contributed by atoms with van der Waals surface area (Å²) < 4.78 is 5.70. The molecule has 3 heteroatoms. The molecule has 1 aromatic carbocycles. The fourth-order valence-electron chi connectivity index (χ4n) is 3.43. The number of methoxy groups -OCH3 is 1. The van der Waals surface area contributed by atoms with Gasteiger partial charge in [-0.15, -0.1) is 0 Å². The van der Waals surface area contributed by atoms with E-state index in [2.05, 4.69) is 42.3 Å². The summed E-state index contributed by atoms with van der Waals surface area (Å²) in [6.45, 7) is 6.61. The Morgan fingerprint density at radius 2 is 2.25 bits per heavy atom. The lowest BCUT2D eigenvalue weighted by molar-refractivity contribution is -0.00465. The molecule has 110 valence electrons.